The molecule has 7 aromatic carbocycles. The van der Waals surface area contributed by atoms with Crippen LogP contribution in [0.25, 0.3) is 21.9 Å². The first-order chi connectivity index (χ1) is 22.8. The second kappa shape index (κ2) is 12.9. The van der Waals surface area contributed by atoms with Crippen molar-refractivity contribution in [3.8, 4) is 11.1 Å². The normalized spacial score (nSPS) is 11.1. The van der Waals surface area contributed by atoms with Crippen LogP contribution in [0.5, 0.6) is 0 Å². The lowest BCUT2D eigenvalue weighted by molar-refractivity contribution is 1.23. The molecule has 0 saturated heterocycles. The molecule has 0 unspecified atom stereocenters. The molecule has 0 saturated carbocycles. The summed E-state index contributed by atoms with van der Waals surface area (Å²) in [5, 5.41) is 2.40. The molecule has 7 aromatic rings. The fourth-order valence-corrected chi connectivity index (χ4v) is 7.21. The van der Waals surface area contributed by atoms with Crippen molar-refractivity contribution in [3.05, 3.63) is 178 Å². The zero-order chi connectivity index (χ0) is 32.5. The summed E-state index contributed by atoms with van der Waals surface area (Å²) >= 11 is 3.81. The van der Waals surface area contributed by atoms with Crippen molar-refractivity contribution >= 4 is 60.8 Å². The highest BCUT2D eigenvalue weighted by molar-refractivity contribution is 9.10. The Morgan fingerprint density at radius 2 is 0.766 bits per heavy atom. The van der Waals surface area contributed by atoms with Crippen LogP contribution in [-0.2, 0) is 0 Å². The number of rotatable bonds is 7. The predicted molar refractivity (Wildman–Crippen MR) is 205 cm³/mol. The lowest BCUT2D eigenvalue weighted by Gasteiger charge is -2.31. The van der Waals surface area contributed by atoms with E-state index in [1.165, 1.54) is 38.6 Å². The first kappa shape index (κ1) is 30.5. The van der Waals surface area contributed by atoms with Crippen LogP contribution >= 0.6 is 15.9 Å². The molecule has 0 radical (unpaired) electrons. The van der Waals surface area contributed by atoms with Gasteiger partial charge in [0.05, 0.1) is 0 Å². The summed E-state index contributed by atoms with van der Waals surface area (Å²) in [6.07, 6.45) is 0. The second-order valence-corrected chi connectivity index (χ2v) is 13.3. The van der Waals surface area contributed by atoms with Gasteiger partial charge in [0.15, 0.2) is 0 Å². The Morgan fingerprint density at radius 1 is 0.362 bits per heavy atom. The van der Waals surface area contributed by atoms with Gasteiger partial charge in [0, 0.05) is 38.6 Å². The highest BCUT2D eigenvalue weighted by Crippen LogP contribution is 2.45. The van der Waals surface area contributed by atoms with E-state index in [9.17, 15) is 0 Å². The quantitative estimate of drug-likeness (QED) is 0.166. The van der Waals surface area contributed by atoms with E-state index >= 15 is 0 Å². The second-order valence-electron chi connectivity index (χ2n) is 12.4. The van der Waals surface area contributed by atoms with Gasteiger partial charge in [0.1, 0.15) is 0 Å². The van der Waals surface area contributed by atoms with Gasteiger partial charge in [-0.1, -0.05) is 94.8 Å². The van der Waals surface area contributed by atoms with Crippen molar-refractivity contribution in [2.24, 2.45) is 0 Å². The molecule has 0 N–H and O–H groups in total. The smallest absolute Gasteiger partial charge is 0.0488 e. The molecule has 0 aliphatic rings. The molecule has 0 bridgehead atoms. The van der Waals surface area contributed by atoms with E-state index in [2.05, 4.69) is 205 Å². The molecule has 47 heavy (non-hydrogen) atoms. The molecule has 7 rings (SSSR count). The summed E-state index contributed by atoms with van der Waals surface area (Å²) in [5.74, 6) is 0. The molecule has 0 heterocycles. The number of nitrogens with zero attached hydrogens (tertiary/aromatic N) is 2. The third-order valence-electron chi connectivity index (χ3n) is 8.56. The zero-order valence-corrected chi connectivity index (χ0v) is 28.8. The van der Waals surface area contributed by atoms with Crippen LogP contribution in [0.2, 0.25) is 0 Å². The van der Waals surface area contributed by atoms with Crippen LogP contribution in [0.1, 0.15) is 22.3 Å². The van der Waals surface area contributed by atoms with Crippen LogP contribution in [0, 0.1) is 27.7 Å². The lowest BCUT2D eigenvalue weighted by Crippen LogP contribution is -2.14. The first-order valence-corrected chi connectivity index (χ1v) is 16.8. The van der Waals surface area contributed by atoms with Gasteiger partial charge in [-0.2, -0.15) is 0 Å². The third kappa shape index (κ3) is 6.32. The molecule has 0 fully saturated rings. The summed E-state index contributed by atoms with van der Waals surface area (Å²) in [7, 11) is 0. The maximum Gasteiger partial charge on any atom is 0.0488 e. The Bertz CT molecular complexity index is 2050. The van der Waals surface area contributed by atoms with Crippen molar-refractivity contribution in [1.82, 2.24) is 0 Å². The number of aryl methyl sites for hydroxylation is 4. The van der Waals surface area contributed by atoms with Crippen LogP contribution in [0.3, 0.4) is 0 Å². The van der Waals surface area contributed by atoms with Gasteiger partial charge in [0.2, 0.25) is 0 Å². The molecule has 2 nitrogen and oxygen atoms in total. The standard InChI is InChI=1S/C44H37BrN2/c1-30-21-31(2)24-37(23-30)46(35-13-7-5-8-14-35)39-27-34(41-19-20-44(45)43-18-12-11-17-42(41)43)28-40(29-39)47(36-15-9-6-10-16-36)38-25-32(3)22-33(4)26-38/h5-29H,1-4H3. The van der Waals surface area contributed by atoms with Crippen molar-refractivity contribution in [3.63, 3.8) is 0 Å². The molecule has 0 atom stereocenters. The molecule has 0 aromatic heterocycles. The third-order valence-corrected chi connectivity index (χ3v) is 9.25. The monoisotopic (exact) mass is 672 g/mol. The average Bonchev–Trinajstić information content (AvgIpc) is 3.05. The van der Waals surface area contributed by atoms with Gasteiger partial charge in [-0.3, -0.25) is 0 Å². The minimum Gasteiger partial charge on any atom is -0.310 e. The Kier molecular flexibility index (Phi) is 8.41. The van der Waals surface area contributed by atoms with Crippen LogP contribution in [-0.4, -0.2) is 0 Å². The van der Waals surface area contributed by atoms with Crippen molar-refractivity contribution < 1.29 is 0 Å². The van der Waals surface area contributed by atoms with E-state index in [1.807, 2.05) is 0 Å². The molecular formula is C44H37BrN2. The Hall–Kier alpha value is -5.12. The molecule has 3 heteroatoms. The van der Waals surface area contributed by atoms with Crippen LogP contribution in [0.4, 0.5) is 34.1 Å². The van der Waals surface area contributed by atoms with Gasteiger partial charge in [-0.05, 0) is 145 Å². The number of hydrogen-bond acceptors (Lipinski definition) is 2. The summed E-state index contributed by atoms with van der Waals surface area (Å²) in [6, 6.07) is 55.0. The maximum atomic E-state index is 3.81. The number of fused-ring (bicyclic) bond motifs is 1. The summed E-state index contributed by atoms with van der Waals surface area (Å²) in [5.41, 5.74) is 13.9. The van der Waals surface area contributed by atoms with Crippen molar-refractivity contribution in [2.45, 2.75) is 27.7 Å². The van der Waals surface area contributed by atoms with Gasteiger partial charge in [0.25, 0.3) is 0 Å². The summed E-state index contributed by atoms with van der Waals surface area (Å²) in [4.78, 5) is 4.78. The van der Waals surface area contributed by atoms with Gasteiger partial charge in [-0.15, -0.1) is 0 Å². The van der Waals surface area contributed by atoms with Crippen molar-refractivity contribution in [1.29, 1.82) is 0 Å². The van der Waals surface area contributed by atoms with Crippen LogP contribution in [0.15, 0.2) is 156 Å². The van der Waals surface area contributed by atoms with E-state index in [0.717, 1.165) is 44.2 Å². The Labute approximate surface area is 286 Å². The largest absolute Gasteiger partial charge is 0.310 e. The highest BCUT2D eigenvalue weighted by Gasteiger charge is 2.21. The fourth-order valence-electron chi connectivity index (χ4n) is 6.73. The first-order valence-electron chi connectivity index (χ1n) is 16.0. The number of hydrogen-bond donors (Lipinski definition) is 0. The number of para-hydroxylation sites is 2. The fraction of sp³-hybridized carbons (Fsp3) is 0.0909. The SMILES string of the molecule is Cc1cc(C)cc(N(c2ccccc2)c2cc(-c3ccc(Br)c4ccccc34)cc(N(c3ccccc3)c3cc(C)cc(C)c3)c2)c1. The van der Waals surface area contributed by atoms with Crippen LogP contribution < -0.4 is 9.80 Å². The minimum absolute atomic E-state index is 1.09. The summed E-state index contributed by atoms with van der Waals surface area (Å²) in [6.45, 7) is 8.69. The Balaban J connectivity index is 1.56. The average molecular weight is 674 g/mol. The lowest BCUT2D eigenvalue weighted by atomic mass is 9.96. The maximum absolute atomic E-state index is 3.81. The number of halogens is 1. The van der Waals surface area contributed by atoms with Gasteiger partial charge in [-0.25, -0.2) is 0 Å². The Morgan fingerprint density at radius 3 is 1.23 bits per heavy atom. The molecule has 0 aliphatic heterocycles. The predicted octanol–water partition coefficient (Wildman–Crippen LogP) is 13.4. The highest BCUT2D eigenvalue weighted by atomic mass is 79.9. The van der Waals surface area contributed by atoms with Gasteiger partial charge >= 0.3 is 0 Å². The summed E-state index contributed by atoms with van der Waals surface area (Å²) < 4.78 is 1.09. The minimum atomic E-state index is 1.09. The van der Waals surface area contributed by atoms with Crippen molar-refractivity contribution in [2.75, 3.05) is 9.80 Å². The zero-order valence-electron chi connectivity index (χ0n) is 27.2. The van der Waals surface area contributed by atoms with Gasteiger partial charge < -0.3 is 9.80 Å². The van der Waals surface area contributed by atoms with E-state index in [0.29, 0.717) is 0 Å². The van der Waals surface area contributed by atoms with E-state index < -0.39 is 0 Å². The molecule has 0 amide bonds. The topological polar surface area (TPSA) is 6.48 Å². The molecular weight excluding hydrogens is 636 g/mol. The molecule has 230 valence electrons. The number of benzene rings is 7. The van der Waals surface area contributed by atoms with E-state index in [1.54, 1.807) is 0 Å². The molecule has 0 aliphatic carbocycles. The number of anilines is 6. The molecule has 0 spiro atoms. The van der Waals surface area contributed by atoms with E-state index in [-0.39, 0.29) is 0 Å². The van der Waals surface area contributed by atoms with E-state index in [4.69, 9.17) is 0 Å².